The van der Waals surface area contributed by atoms with Crippen molar-refractivity contribution in [3.8, 4) is 0 Å². The van der Waals surface area contributed by atoms with Gasteiger partial charge in [0, 0.05) is 26.0 Å². The summed E-state index contributed by atoms with van der Waals surface area (Å²) in [6.45, 7) is 2.72. The van der Waals surface area contributed by atoms with Gasteiger partial charge in [-0.2, -0.15) is 0 Å². The van der Waals surface area contributed by atoms with Gasteiger partial charge in [-0.15, -0.1) is 0 Å². The third-order valence-electron chi connectivity index (χ3n) is 2.30. The standard InChI is InChI=1S/C11H21NO4/c1-9(8-13)4-3-7-12-10(14)5-2-6-11(15)16/h9,13H,2-8H2,1H3,(H,12,14)(H,15,16). The molecule has 0 spiro atoms. The number of aliphatic carboxylic acids is 1. The lowest BCUT2D eigenvalue weighted by atomic mass is 10.1. The lowest BCUT2D eigenvalue weighted by Gasteiger charge is -2.08. The predicted molar refractivity (Wildman–Crippen MR) is 60.0 cm³/mol. The second kappa shape index (κ2) is 9.15. The summed E-state index contributed by atoms with van der Waals surface area (Å²) in [5.41, 5.74) is 0. The number of carboxylic acid groups (broad SMARTS) is 1. The van der Waals surface area contributed by atoms with Crippen molar-refractivity contribution in [3.05, 3.63) is 0 Å². The Kier molecular flexibility index (Phi) is 8.52. The van der Waals surface area contributed by atoms with Gasteiger partial charge in [0.2, 0.25) is 5.91 Å². The van der Waals surface area contributed by atoms with E-state index in [2.05, 4.69) is 5.32 Å². The minimum atomic E-state index is -0.871. The molecule has 0 aromatic carbocycles. The van der Waals surface area contributed by atoms with Crippen LogP contribution in [0.2, 0.25) is 0 Å². The fraction of sp³-hybridized carbons (Fsp3) is 0.818. The van der Waals surface area contributed by atoms with Crippen LogP contribution in [0.3, 0.4) is 0 Å². The maximum absolute atomic E-state index is 11.2. The molecule has 0 saturated carbocycles. The molecule has 0 aromatic rings. The van der Waals surface area contributed by atoms with Crippen LogP contribution in [0.1, 0.15) is 39.0 Å². The van der Waals surface area contributed by atoms with Crippen LogP contribution in [0, 0.1) is 5.92 Å². The molecule has 0 saturated heterocycles. The number of nitrogens with one attached hydrogen (secondary N) is 1. The summed E-state index contributed by atoms with van der Waals surface area (Å²) in [7, 11) is 0. The largest absolute Gasteiger partial charge is 0.481 e. The number of carbonyl (C=O) groups excluding carboxylic acids is 1. The monoisotopic (exact) mass is 231 g/mol. The topological polar surface area (TPSA) is 86.6 Å². The summed E-state index contributed by atoms with van der Waals surface area (Å²) < 4.78 is 0. The Balaban J connectivity index is 3.33. The average Bonchev–Trinajstić information content (AvgIpc) is 2.23. The highest BCUT2D eigenvalue weighted by atomic mass is 16.4. The first-order chi connectivity index (χ1) is 7.56. The fourth-order valence-corrected chi connectivity index (χ4v) is 1.26. The zero-order valence-electron chi connectivity index (χ0n) is 9.74. The van der Waals surface area contributed by atoms with Gasteiger partial charge in [-0.05, 0) is 25.2 Å². The lowest BCUT2D eigenvalue weighted by molar-refractivity contribution is -0.137. The quantitative estimate of drug-likeness (QED) is 0.511. The van der Waals surface area contributed by atoms with Gasteiger partial charge in [0.25, 0.3) is 0 Å². The fourth-order valence-electron chi connectivity index (χ4n) is 1.26. The third kappa shape index (κ3) is 9.45. The van der Waals surface area contributed by atoms with Crippen molar-refractivity contribution in [1.29, 1.82) is 0 Å². The van der Waals surface area contributed by atoms with Gasteiger partial charge >= 0.3 is 5.97 Å². The van der Waals surface area contributed by atoms with Crippen molar-refractivity contribution in [3.63, 3.8) is 0 Å². The molecular formula is C11H21NO4. The number of carboxylic acids is 1. The molecule has 1 unspecified atom stereocenters. The maximum Gasteiger partial charge on any atom is 0.303 e. The van der Waals surface area contributed by atoms with Crippen LogP contribution >= 0.6 is 0 Å². The van der Waals surface area contributed by atoms with Gasteiger partial charge in [-0.1, -0.05) is 6.92 Å². The van der Waals surface area contributed by atoms with E-state index < -0.39 is 5.97 Å². The van der Waals surface area contributed by atoms with Crippen molar-refractivity contribution < 1.29 is 19.8 Å². The van der Waals surface area contributed by atoms with E-state index >= 15 is 0 Å². The molecule has 0 rings (SSSR count). The van der Waals surface area contributed by atoms with Gasteiger partial charge in [-0.25, -0.2) is 0 Å². The van der Waals surface area contributed by atoms with Gasteiger partial charge in [-0.3, -0.25) is 9.59 Å². The Morgan fingerprint density at radius 2 is 1.94 bits per heavy atom. The normalized spacial score (nSPS) is 12.1. The van der Waals surface area contributed by atoms with Gasteiger partial charge < -0.3 is 15.5 Å². The zero-order chi connectivity index (χ0) is 12.4. The van der Waals surface area contributed by atoms with E-state index in [1.165, 1.54) is 0 Å². The van der Waals surface area contributed by atoms with Crippen molar-refractivity contribution in [2.75, 3.05) is 13.2 Å². The lowest BCUT2D eigenvalue weighted by Crippen LogP contribution is -2.24. The molecule has 0 fully saturated rings. The van der Waals surface area contributed by atoms with Gasteiger partial charge in [0.15, 0.2) is 0 Å². The Morgan fingerprint density at radius 3 is 2.50 bits per heavy atom. The number of amides is 1. The SMILES string of the molecule is CC(CO)CCCNC(=O)CCCC(=O)O. The number of carbonyl (C=O) groups is 2. The molecule has 0 bridgehead atoms. The minimum Gasteiger partial charge on any atom is -0.481 e. The molecule has 3 N–H and O–H groups in total. The van der Waals surface area contributed by atoms with E-state index in [0.29, 0.717) is 13.0 Å². The summed E-state index contributed by atoms with van der Waals surface area (Å²) in [6, 6.07) is 0. The Labute approximate surface area is 95.9 Å². The average molecular weight is 231 g/mol. The van der Waals surface area contributed by atoms with E-state index in [-0.39, 0.29) is 31.3 Å². The molecule has 0 aliphatic rings. The van der Waals surface area contributed by atoms with Crippen LogP contribution in [-0.2, 0) is 9.59 Å². The molecule has 16 heavy (non-hydrogen) atoms. The highest BCUT2D eigenvalue weighted by Crippen LogP contribution is 2.02. The maximum atomic E-state index is 11.2. The zero-order valence-corrected chi connectivity index (χ0v) is 9.74. The van der Waals surface area contributed by atoms with E-state index in [1.54, 1.807) is 0 Å². The molecule has 5 heteroatoms. The molecule has 0 radical (unpaired) electrons. The second-order valence-electron chi connectivity index (χ2n) is 4.03. The van der Waals surface area contributed by atoms with Gasteiger partial charge in [0.05, 0.1) is 0 Å². The van der Waals surface area contributed by atoms with Crippen LogP contribution < -0.4 is 5.32 Å². The van der Waals surface area contributed by atoms with E-state index in [4.69, 9.17) is 10.2 Å². The van der Waals surface area contributed by atoms with Gasteiger partial charge in [0.1, 0.15) is 0 Å². The van der Waals surface area contributed by atoms with Crippen molar-refractivity contribution in [2.45, 2.75) is 39.0 Å². The summed E-state index contributed by atoms with van der Waals surface area (Å²) >= 11 is 0. The van der Waals surface area contributed by atoms with Crippen LogP contribution in [0.4, 0.5) is 0 Å². The van der Waals surface area contributed by atoms with Crippen molar-refractivity contribution >= 4 is 11.9 Å². The summed E-state index contributed by atoms with van der Waals surface area (Å²) in [5, 5.41) is 19.9. The van der Waals surface area contributed by atoms with Crippen LogP contribution in [0.15, 0.2) is 0 Å². The Hall–Kier alpha value is -1.10. The highest BCUT2D eigenvalue weighted by Gasteiger charge is 2.04. The van der Waals surface area contributed by atoms with Crippen LogP contribution in [0.25, 0.3) is 0 Å². The number of aliphatic hydroxyl groups excluding tert-OH is 1. The smallest absolute Gasteiger partial charge is 0.303 e. The Morgan fingerprint density at radius 1 is 1.25 bits per heavy atom. The van der Waals surface area contributed by atoms with E-state index in [1.807, 2.05) is 6.92 Å². The molecule has 1 amide bonds. The number of aliphatic hydroxyl groups is 1. The van der Waals surface area contributed by atoms with Crippen LogP contribution in [-0.4, -0.2) is 35.2 Å². The first-order valence-corrected chi connectivity index (χ1v) is 5.65. The van der Waals surface area contributed by atoms with Crippen molar-refractivity contribution in [1.82, 2.24) is 5.32 Å². The summed E-state index contributed by atoms with van der Waals surface area (Å²) in [6.07, 6.45) is 2.41. The molecule has 5 nitrogen and oxygen atoms in total. The number of hydrogen-bond donors (Lipinski definition) is 3. The number of hydrogen-bond acceptors (Lipinski definition) is 3. The Bertz CT molecular complexity index is 218. The molecule has 0 aliphatic heterocycles. The first kappa shape index (κ1) is 14.9. The molecule has 0 aliphatic carbocycles. The predicted octanol–water partition coefficient (Wildman–Crippen LogP) is 0.766. The molecule has 0 aromatic heterocycles. The molecule has 0 heterocycles. The van der Waals surface area contributed by atoms with Crippen LogP contribution in [0.5, 0.6) is 0 Å². The van der Waals surface area contributed by atoms with E-state index in [0.717, 1.165) is 12.8 Å². The molecule has 94 valence electrons. The third-order valence-corrected chi connectivity index (χ3v) is 2.30. The van der Waals surface area contributed by atoms with Crippen molar-refractivity contribution in [2.24, 2.45) is 5.92 Å². The molecule has 1 atom stereocenters. The summed E-state index contributed by atoms with van der Waals surface area (Å²) in [4.78, 5) is 21.4. The van der Waals surface area contributed by atoms with E-state index in [9.17, 15) is 9.59 Å². The highest BCUT2D eigenvalue weighted by molar-refractivity contribution is 5.76. The second-order valence-corrected chi connectivity index (χ2v) is 4.03. The summed E-state index contributed by atoms with van der Waals surface area (Å²) in [5.74, 6) is -0.702. The number of rotatable bonds is 9. The first-order valence-electron chi connectivity index (χ1n) is 5.65. The molecular weight excluding hydrogens is 210 g/mol. The minimum absolute atomic E-state index is 0.0367.